The van der Waals surface area contributed by atoms with E-state index >= 15 is 0 Å². The van der Waals surface area contributed by atoms with Gasteiger partial charge in [-0.15, -0.1) is 0 Å². The smallest absolute Gasteiger partial charge is 0.222 e. The molecule has 0 N–H and O–H groups in total. The van der Waals surface area contributed by atoms with Gasteiger partial charge < -0.3 is 4.90 Å². The van der Waals surface area contributed by atoms with Gasteiger partial charge in [-0.25, -0.2) is 9.07 Å². The van der Waals surface area contributed by atoms with Crippen molar-refractivity contribution < 1.29 is 9.18 Å². The number of nitrogens with zero attached hydrogens (tertiary/aromatic N) is 4. The van der Waals surface area contributed by atoms with Crippen molar-refractivity contribution in [2.45, 2.75) is 32.4 Å². The van der Waals surface area contributed by atoms with E-state index in [1.54, 1.807) is 16.8 Å². The largest absolute Gasteiger partial charge is 0.337 e. The molecule has 2 aliphatic heterocycles. The van der Waals surface area contributed by atoms with Crippen LogP contribution in [0, 0.1) is 12.7 Å². The maximum atomic E-state index is 13.9. The number of aryl methyl sites for hydroxylation is 1. The van der Waals surface area contributed by atoms with Crippen molar-refractivity contribution in [3.05, 3.63) is 47.5 Å². The fourth-order valence-corrected chi connectivity index (χ4v) is 3.73. The summed E-state index contributed by atoms with van der Waals surface area (Å²) in [5.74, 6) is 0.0211. The van der Waals surface area contributed by atoms with E-state index in [0.717, 1.165) is 43.9 Å². The molecule has 1 amide bonds. The first-order valence-electron chi connectivity index (χ1n) is 8.43. The van der Waals surface area contributed by atoms with Crippen LogP contribution in [0.2, 0.25) is 0 Å². The summed E-state index contributed by atoms with van der Waals surface area (Å²) in [4.78, 5) is 16.2. The van der Waals surface area contributed by atoms with E-state index in [9.17, 15) is 9.18 Å². The predicted molar refractivity (Wildman–Crippen MR) is 88.3 cm³/mol. The second kappa shape index (κ2) is 6.02. The number of benzene rings is 1. The Hall–Kier alpha value is -2.21. The SMILES string of the molecule is Cc1nn(-c2ccccc2F)cc1CN1CCN2C(=O)CCC2C1. The number of aromatic nitrogens is 2. The van der Waals surface area contributed by atoms with Gasteiger partial charge in [0.15, 0.2) is 0 Å². The highest BCUT2D eigenvalue weighted by molar-refractivity contribution is 5.78. The van der Waals surface area contributed by atoms with Gasteiger partial charge in [-0.3, -0.25) is 9.69 Å². The zero-order valence-electron chi connectivity index (χ0n) is 13.8. The van der Waals surface area contributed by atoms with Crippen LogP contribution in [0.3, 0.4) is 0 Å². The van der Waals surface area contributed by atoms with E-state index in [4.69, 9.17) is 0 Å². The maximum Gasteiger partial charge on any atom is 0.222 e. The third-order valence-electron chi connectivity index (χ3n) is 5.07. The van der Waals surface area contributed by atoms with Crippen LogP contribution in [0.25, 0.3) is 5.69 Å². The van der Waals surface area contributed by atoms with Crippen molar-refractivity contribution in [2.24, 2.45) is 0 Å². The van der Waals surface area contributed by atoms with Crippen LogP contribution >= 0.6 is 0 Å². The van der Waals surface area contributed by atoms with Gasteiger partial charge in [-0.2, -0.15) is 5.10 Å². The summed E-state index contributed by atoms with van der Waals surface area (Å²) in [5.41, 5.74) is 2.50. The lowest BCUT2D eigenvalue weighted by atomic mass is 10.1. The average molecular weight is 328 g/mol. The minimum Gasteiger partial charge on any atom is -0.337 e. The van der Waals surface area contributed by atoms with Gasteiger partial charge in [-0.05, 0) is 25.5 Å². The normalized spacial score (nSPS) is 21.3. The summed E-state index contributed by atoms with van der Waals surface area (Å²) in [5, 5.41) is 4.47. The molecule has 1 atom stereocenters. The van der Waals surface area contributed by atoms with E-state index in [1.807, 2.05) is 24.1 Å². The minimum absolute atomic E-state index is 0.273. The Morgan fingerprint density at radius 1 is 1.29 bits per heavy atom. The molecule has 2 aliphatic rings. The van der Waals surface area contributed by atoms with Crippen LogP contribution in [-0.4, -0.2) is 51.2 Å². The lowest BCUT2D eigenvalue weighted by molar-refractivity contribution is -0.130. The van der Waals surface area contributed by atoms with Crippen molar-refractivity contribution in [1.29, 1.82) is 0 Å². The fourth-order valence-electron chi connectivity index (χ4n) is 3.73. The number of fused-ring (bicyclic) bond motifs is 1. The third kappa shape index (κ3) is 2.71. The highest BCUT2D eigenvalue weighted by Crippen LogP contribution is 2.24. The number of para-hydroxylation sites is 1. The molecule has 3 heterocycles. The lowest BCUT2D eigenvalue weighted by Gasteiger charge is -2.37. The molecule has 2 saturated heterocycles. The topological polar surface area (TPSA) is 41.4 Å². The molecular weight excluding hydrogens is 307 g/mol. The van der Waals surface area contributed by atoms with Crippen molar-refractivity contribution in [3.8, 4) is 5.69 Å². The Balaban J connectivity index is 1.50. The van der Waals surface area contributed by atoms with Crippen LogP contribution in [0.4, 0.5) is 4.39 Å². The predicted octanol–water partition coefficient (Wildman–Crippen LogP) is 2.13. The van der Waals surface area contributed by atoms with Gasteiger partial charge in [0.05, 0.1) is 5.69 Å². The second-order valence-corrected chi connectivity index (χ2v) is 6.65. The number of carbonyl (C=O) groups excluding carboxylic acids is 1. The zero-order chi connectivity index (χ0) is 16.7. The molecule has 0 radical (unpaired) electrons. The number of hydrogen-bond donors (Lipinski definition) is 0. The molecule has 4 rings (SSSR count). The van der Waals surface area contributed by atoms with Gasteiger partial charge >= 0.3 is 0 Å². The number of rotatable bonds is 3. The van der Waals surface area contributed by atoms with E-state index in [2.05, 4.69) is 10.00 Å². The maximum absolute atomic E-state index is 13.9. The quantitative estimate of drug-likeness (QED) is 0.867. The van der Waals surface area contributed by atoms with Gasteiger partial charge in [0.1, 0.15) is 11.5 Å². The van der Waals surface area contributed by atoms with Crippen molar-refractivity contribution in [1.82, 2.24) is 19.6 Å². The Labute approximate surface area is 140 Å². The van der Waals surface area contributed by atoms with Crippen LogP contribution in [0.5, 0.6) is 0 Å². The van der Waals surface area contributed by atoms with E-state index in [-0.39, 0.29) is 5.82 Å². The molecule has 24 heavy (non-hydrogen) atoms. The number of carbonyl (C=O) groups is 1. The summed E-state index contributed by atoms with van der Waals surface area (Å²) in [7, 11) is 0. The number of hydrogen-bond acceptors (Lipinski definition) is 3. The van der Waals surface area contributed by atoms with Crippen molar-refractivity contribution >= 4 is 5.91 Å². The molecule has 0 spiro atoms. The van der Waals surface area contributed by atoms with Crippen LogP contribution in [-0.2, 0) is 11.3 Å². The lowest BCUT2D eigenvalue weighted by Crippen LogP contribution is -2.50. The number of halogens is 1. The van der Waals surface area contributed by atoms with Gasteiger partial charge in [0.2, 0.25) is 5.91 Å². The van der Waals surface area contributed by atoms with Gasteiger partial charge in [-0.1, -0.05) is 12.1 Å². The Bertz CT molecular complexity index is 772. The Morgan fingerprint density at radius 2 is 2.12 bits per heavy atom. The summed E-state index contributed by atoms with van der Waals surface area (Å²) >= 11 is 0. The van der Waals surface area contributed by atoms with E-state index in [0.29, 0.717) is 24.1 Å². The Kier molecular flexibility index (Phi) is 3.84. The molecule has 2 fully saturated rings. The van der Waals surface area contributed by atoms with Crippen LogP contribution in [0.1, 0.15) is 24.1 Å². The van der Waals surface area contributed by atoms with Crippen molar-refractivity contribution in [2.75, 3.05) is 19.6 Å². The first-order chi connectivity index (χ1) is 11.6. The molecule has 6 heteroatoms. The molecule has 1 unspecified atom stereocenters. The highest BCUT2D eigenvalue weighted by atomic mass is 19.1. The number of amides is 1. The first kappa shape index (κ1) is 15.3. The second-order valence-electron chi connectivity index (χ2n) is 6.65. The fraction of sp³-hybridized carbons (Fsp3) is 0.444. The third-order valence-corrected chi connectivity index (χ3v) is 5.07. The zero-order valence-corrected chi connectivity index (χ0v) is 13.8. The van der Waals surface area contributed by atoms with E-state index < -0.39 is 0 Å². The molecule has 0 saturated carbocycles. The van der Waals surface area contributed by atoms with Gasteiger partial charge in [0, 0.05) is 50.4 Å². The molecule has 0 bridgehead atoms. The molecule has 5 nitrogen and oxygen atoms in total. The average Bonchev–Trinajstić information content (AvgIpc) is 3.11. The summed E-state index contributed by atoms with van der Waals surface area (Å²) in [6.45, 7) is 5.35. The standard InChI is InChI=1S/C18H21FN4O/c1-13-14(11-23(20-13)17-5-3-2-4-16(17)19)10-21-8-9-22-15(12-21)6-7-18(22)24/h2-5,11,15H,6-10,12H2,1H3. The first-order valence-corrected chi connectivity index (χ1v) is 8.43. The van der Waals surface area contributed by atoms with E-state index in [1.165, 1.54) is 6.07 Å². The highest BCUT2D eigenvalue weighted by Gasteiger charge is 2.35. The number of piperazine rings is 1. The molecule has 1 aromatic carbocycles. The van der Waals surface area contributed by atoms with Crippen LogP contribution in [0.15, 0.2) is 30.5 Å². The summed E-state index contributed by atoms with van der Waals surface area (Å²) in [6.07, 6.45) is 3.56. The Morgan fingerprint density at radius 3 is 2.96 bits per heavy atom. The summed E-state index contributed by atoms with van der Waals surface area (Å²) in [6, 6.07) is 7.02. The van der Waals surface area contributed by atoms with Crippen molar-refractivity contribution in [3.63, 3.8) is 0 Å². The molecule has 1 aromatic heterocycles. The van der Waals surface area contributed by atoms with Crippen LogP contribution < -0.4 is 0 Å². The summed E-state index contributed by atoms with van der Waals surface area (Å²) < 4.78 is 15.6. The molecule has 2 aromatic rings. The van der Waals surface area contributed by atoms with Gasteiger partial charge in [0.25, 0.3) is 0 Å². The molecule has 0 aliphatic carbocycles. The minimum atomic E-state index is -0.273. The molecular formula is C18H21FN4O. The molecule has 126 valence electrons. The monoisotopic (exact) mass is 328 g/mol.